The number of nitrogens with zero attached hydrogens (tertiary/aromatic N) is 3. The number of azo groups is 1. The Kier molecular flexibility index (Phi) is 7.85. The molecule has 0 saturated heterocycles. The lowest BCUT2D eigenvalue weighted by atomic mass is 9.99. The van der Waals surface area contributed by atoms with Crippen LogP contribution in [0.4, 0.5) is 28.4 Å². The fraction of sp³-hybridized carbons (Fsp3) is 0.167. The summed E-state index contributed by atoms with van der Waals surface area (Å²) < 4.78 is 0. The minimum atomic E-state index is -1.72. The van der Waals surface area contributed by atoms with Gasteiger partial charge in [-0.1, -0.05) is 24.3 Å². The van der Waals surface area contributed by atoms with Gasteiger partial charge >= 0.3 is 5.97 Å². The largest absolute Gasteiger partial charge is 0.478 e. The van der Waals surface area contributed by atoms with Crippen LogP contribution in [0.25, 0.3) is 11.1 Å². The van der Waals surface area contributed by atoms with Crippen molar-refractivity contribution in [2.75, 3.05) is 24.3 Å². The summed E-state index contributed by atoms with van der Waals surface area (Å²) in [6.07, 6.45) is -1.72. The first kappa shape index (κ1) is 26.5. The van der Waals surface area contributed by atoms with Gasteiger partial charge in [0.15, 0.2) is 6.29 Å². The van der Waals surface area contributed by atoms with E-state index in [0.29, 0.717) is 22.5 Å². The number of anilines is 3. The highest BCUT2D eigenvalue weighted by Gasteiger charge is 2.16. The number of aryl methyl sites for hydroxylation is 1. The molecule has 0 aliphatic carbocycles. The Hall–Kier alpha value is -4.53. The Morgan fingerprint density at radius 3 is 2.18 bits per heavy atom. The number of nitrogens with one attached hydrogen (secondary N) is 1. The van der Waals surface area contributed by atoms with Crippen molar-refractivity contribution in [3.05, 3.63) is 101 Å². The van der Waals surface area contributed by atoms with E-state index >= 15 is 0 Å². The molecule has 0 radical (unpaired) electrons. The highest BCUT2D eigenvalue weighted by Crippen LogP contribution is 2.34. The average Bonchev–Trinajstić information content (AvgIpc) is 2.90. The molecule has 38 heavy (non-hydrogen) atoms. The smallest absolute Gasteiger partial charge is 0.337 e. The van der Waals surface area contributed by atoms with Crippen LogP contribution in [-0.4, -0.2) is 35.4 Å². The van der Waals surface area contributed by atoms with Gasteiger partial charge in [0.25, 0.3) is 0 Å². The standard InChI is InChI=1S/C30H30N4O4/c1-18-6-5-7-26(19(18)2)31-27-15-9-20(16-25(27)30(37)38)21-8-14-24(29(35)36)28(17-21)33-32-22-10-12-23(13-11-22)34(3)4/h5-17,30-31,37-38H,1-4H3,(H,35,36). The molecular weight excluding hydrogens is 480 g/mol. The summed E-state index contributed by atoms with van der Waals surface area (Å²) >= 11 is 0. The number of rotatable bonds is 8. The van der Waals surface area contributed by atoms with Gasteiger partial charge in [-0.25, -0.2) is 4.79 Å². The molecule has 0 spiro atoms. The van der Waals surface area contributed by atoms with Crippen LogP contribution in [0, 0.1) is 13.8 Å². The van der Waals surface area contributed by atoms with E-state index in [4.69, 9.17) is 0 Å². The zero-order valence-corrected chi connectivity index (χ0v) is 21.7. The predicted octanol–water partition coefficient (Wildman–Crippen LogP) is 6.88. The van der Waals surface area contributed by atoms with Crippen molar-refractivity contribution in [2.24, 2.45) is 10.2 Å². The van der Waals surface area contributed by atoms with E-state index in [1.807, 2.05) is 69.2 Å². The lowest BCUT2D eigenvalue weighted by molar-refractivity contribution is -0.0418. The maximum atomic E-state index is 11.8. The summed E-state index contributed by atoms with van der Waals surface area (Å²) in [6.45, 7) is 4.01. The van der Waals surface area contributed by atoms with Crippen LogP contribution < -0.4 is 10.2 Å². The molecule has 0 fully saturated rings. The van der Waals surface area contributed by atoms with Crippen molar-refractivity contribution in [3.8, 4) is 11.1 Å². The number of carboxylic acid groups (broad SMARTS) is 1. The van der Waals surface area contributed by atoms with Crippen molar-refractivity contribution in [1.82, 2.24) is 0 Å². The molecule has 0 saturated carbocycles. The zero-order valence-electron chi connectivity index (χ0n) is 21.7. The molecule has 4 N–H and O–H groups in total. The molecule has 0 aliphatic rings. The van der Waals surface area contributed by atoms with Gasteiger partial charge in [0.05, 0.1) is 11.3 Å². The minimum absolute atomic E-state index is 0.0121. The highest BCUT2D eigenvalue weighted by molar-refractivity contribution is 5.94. The molecule has 8 nitrogen and oxygen atoms in total. The summed E-state index contributed by atoms with van der Waals surface area (Å²) in [4.78, 5) is 13.8. The van der Waals surface area contributed by atoms with Gasteiger partial charge in [-0.15, -0.1) is 5.11 Å². The summed E-state index contributed by atoms with van der Waals surface area (Å²) in [6, 6.07) is 23.3. The molecule has 194 valence electrons. The van der Waals surface area contributed by atoms with Crippen LogP contribution in [0.5, 0.6) is 0 Å². The fourth-order valence-electron chi connectivity index (χ4n) is 4.01. The Balaban J connectivity index is 1.69. The van der Waals surface area contributed by atoms with Crippen LogP contribution in [-0.2, 0) is 0 Å². The van der Waals surface area contributed by atoms with Crippen LogP contribution in [0.15, 0.2) is 89.1 Å². The molecule has 0 aliphatic heterocycles. The van der Waals surface area contributed by atoms with Crippen molar-refractivity contribution < 1.29 is 20.1 Å². The van der Waals surface area contributed by atoms with Gasteiger partial charge in [0, 0.05) is 36.7 Å². The second kappa shape index (κ2) is 11.2. The summed E-state index contributed by atoms with van der Waals surface area (Å²) in [5.74, 6) is -1.12. The van der Waals surface area contributed by atoms with E-state index in [-0.39, 0.29) is 16.8 Å². The highest BCUT2D eigenvalue weighted by atomic mass is 16.5. The SMILES string of the molecule is Cc1cccc(Nc2ccc(-c3ccc(C(=O)O)c(N=Nc4ccc(N(C)C)cc4)c3)cc2C(O)O)c1C. The second-order valence-corrected chi connectivity index (χ2v) is 9.20. The van der Waals surface area contributed by atoms with E-state index in [1.165, 1.54) is 6.07 Å². The van der Waals surface area contributed by atoms with Crippen molar-refractivity contribution >= 4 is 34.4 Å². The van der Waals surface area contributed by atoms with Crippen LogP contribution in [0.2, 0.25) is 0 Å². The molecule has 0 aromatic heterocycles. The number of aliphatic hydroxyl groups excluding tert-OH is 1. The number of benzene rings is 4. The molecule has 4 rings (SSSR count). The maximum absolute atomic E-state index is 11.8. The van der Waals surface area contributed by atoms with Crippen molar-refractivity contribution in [3.63, 3.8) is 0 Å². The van der Waals surface area contributed by atoms with E-state index in [1.54, 1.807) is 36.4 Å². The van der Waals surface area contributed by atoms with E-state index in [0.717, 1.165) is 22.5 Å². The minimum Gasteiger partial charge on any atom is -0.478 e. The molecule has 4 aromatic carbocycles. The Labute approximate surface area is 221 Å². The van der Waals surface area contributed by atoms with Gasteiger partial charge in [-0.2, -0.15) is 5.11 Å². The first-order valence-electron chi connectivity index (χ1n) is 12.0. The lowest BCUT2D eigenvalue weighted by Crippen LogP contribution is -2.07. The molecule has 0 bridgehead atoms. The average molecular weight is 511 g/mol. The third kappa shape index (κ3) is 5.88. The van der Waals surface area contributed by atoms with E-state index in [9.17, 15) is 20.1 Å². The molecule has 0 unspecified atom stereocenters. The van der Waals surface area contributed by atoms with Gasteiger partial charge in [-0.05, 0) is 90.7 Å². The van der Waals surface area contributed by atoms with Gasteiger partial charge in [0.1, 0.15) is 5.69 Å². The summed E-state index contributed by atoms with van der Waals surface area (Å²) in [5, 5.41) is 41.7. The number of aromatic carboxylic acids is 1. The Morgan fingerprint density at radius 1 is 0.842 bits per heavy atom. The quantitative estimate of drug-likeness (QED) is 0.152. The molecule has 0 amide bonds. The topological polar surface area (TPSA) is 118 Å². The predicted molar refractivity (Wildman–Crippen MR) is 150 cm³/mol. The normalized spacial score (nSPS) is 11.2. The summed E-state index contributed by atoms with van der Waals surface area (Å²) in [7, 11) is 3.88. The number of aliphatic hydroxyl groups is 2. The fourth-order valence-corrected chi connectivity index (χ4v) is 4.01. The molecular formula is C30H30N4O4. The van der Waals surface area contributed by atoms with Crippen molar-refractivity contribution in [1.29, 1.82) is 0 Å². The molecule has 4 aromatic rings. The molecule has 0 heterocycles. The Bertz CT molecular complexity index is 1500. The van der Waals surface area contributed by atoms with E-state index in [2.05, 4.69) is 15.5 Å². The number of carbonyl (C=O) groups is 1. The third-order valence-electron chi connectivity index (χ3n) is 6.40. The van der Waals surface area contributed by atoms with Crippen LogP contribution >= 0.6 is 0 Å². The maximum Gasteiger partial charge on any atom is 0.337 e. The molecule has 0 atom stereocenters. The summed E-state index contributed by atoms with van der Waals surface area (Å²) in [5.41, 5.74) is 7.02. The lowest BCUT2D eigenvalue weighted by Gasteiger charge is -2.17. The Morgan fingerprint density at radius 2 is 1.53 bits per heavy atom. The molecule has 8 heteroatoms. The van der Waals surface area contributed by atoms with Gasteiger partial charge < -0.3 is 25.5 Å². The van der Waals surface area contributed by atoms with Gasteiger partial charge in [-0.3, -0.25) is 0 Å². The number of hydrogen-bond acceptors (Lipinski definition) is 7. The number of carboxylic acids is 1. The number of hydrogen-bond donors (Lipinski definition) is 4. The van der Waals surface area contributed by atoms with E-state index < -0.39 is 12.3 Å². The second-order valence-electron chi connectivity index (χ2n) is 9.20. The first-order valence-corrected chi connectivity index (χ1v) is 12.0. The first-order chi connectivity index (χ1) is 18.1. The third-order valence-corrected chi connectivity index (χ3v) is 6.40. The van der Waals surface area contributed by atoms with Gasteiger partial charge in [0.2, 0.25) is 0 Å². The monoisotopic (exact) mass is 510 g/mol. The zero-order chi connectivity index (χ0) is 27.4. The van der Waals surface area contributed by atoms with Crippen LogP contribution in [0.3, 0.4) is 0 Å². The van der Waals surface area contributed by atoms with Crippen molar-refractivity contribution in [2.45, 2.75) is 20.1 Å². The van der Waals surface area contributed by atoms with Crippen LogP contribution in [0.1, 0.15) is 33.3 Å².